The van der Waals surface area contributed by atoms with Crippen LogP contribution in [0.2, 0.25) is 0 Å². The van der Waals surface area contributed by atoms with E-state index in [2.05, 4.69) is 0 Å². The number of hydrogen-bond acceptors (Lipinski definition) is 4. The van der Waals surface area contributed by atoms with Crippen LogP contribution in [0.1, 0.15) is 46.0 Å². The first kappa shape index (κ1) is 39.8. The molecule has 0 aromatic heterocycles. The molecule has 270 valence electrons. The molecule has 0 aliphatic rings. The van der Waals surface area contributed by atoms with Crippen LogP contribution in [0.4, 0.5) is 61.5 Å². The topological polar surface area (TPSA) is 68.3 Å². The minimum Gasteiger partial charge on any atom is -0.294 e. The highest BCUT2D eigenvalue weighted by Crippen LogP contribution is 2.48. The molecule has 3 aromatic carbocycles. The number of benzene rings is 3. The lowest BCUT2D eigenvalue weighted by molar-refractivity contribution is -0.343. The van der Waals surface area contributed by atoms with Crippen molar-refractivity contribution < 1.29 is 80.6 Å². The van der Waals surface area contributed by atoms with Crippen molar-refractivity contribution in [1.82, 2.24) is 0 Å². The van der Waals surface area contributed by atoms with Crippen molar-refractivity contribution in [2.24, 2.45) is 0 Å². The minimum absolute atomic E-state index is 0.290. The lowest BCUT2D eigenvalue weighted by atomic mass is 9.90. The summed E-state index contributed by atoms with van der Waals surface area (Å²) in [5.41, 5.74) is 1.07. The summed E-state index contributed by atoms with van der Waals surface area (Å²) < 4.78 is 182. The molecule has 0 unspecified atom stereocenters. The van der Waals surface area contributed by atoms with Gasteiger partial charge in [0.25, 0.3) is 0 Å². The maximum Gasteiger partial charge on any atom is 0.460 e. The van der Waals surface area contributed by atoms with E-state index in [0.717, 1.165) is 29.8 Å². The zero-order chi connectivity index (χ0) is 38.3. The molecule has 0 saturated heterocycles. The van der Waals surface area contributed by atoms with Gasteiger partial charge in [-0.25, -0.2) is 0 Å². The SMILES string of the molecule is CCc1ccc(-c2ccc(C(=O)CC(=O)C(F)(F)C(F)(F)C(F)(F)F)cc2)c(-c2ccc(C(=O)CC(=O)C(F)(F)C(F)(F)C(F)(F)F)cc2)c1. The van der Waals surface area contributed by atoms with Crippen LogP contribution >= 0.6 is 0 Å². The molecular weight excluding hydrogens is 714 g/mol. The summed E-state index contributed by atoms with van der Waals surface area (Å²) in [4.78, 5) is 48.0. The van der Waals surface area contributed by atoms with Crippen LogP contribution in [-0.2, 0) is 16.0 Å². The summed E-state index contributed by atoms with van der Waals surface area (Å²) in [7, 11) is 0. The second-order valence-electron chi connectivity index (χ2n) is 10.7. The van der Waals surface area contributed by atoms with Crippen LogP contribution in [0.3, 0.4) is 0 Å². The molecule has 0 amide bonds. The molecule has 0 saturated carbocycles. The van der Waals surface area contributed by atoms with Gasteiger partial charge in [-0.2, -0.15) is 61.5 Å². The highest BCUT2D eigenvalue weighted by Gasteiger charge is 2.76. The standard InChI is InChI=1S/C32H20F14O4/c1-2-16-3-12-21(17-4-8-19(9-5-17)23(47)14-25(49)27(33,34)29(37,38)31(41,42)43)22(13-16)18-6-10-20(11-7-18)24(48)15-26(50)28(35,36)30(39,40)32(44,45)46/h3-13H,2,14-15H2,1H3. The smallest absolute Gasteiger partial charge is 0.294 e. The Bertz CT molecular complexity index is 1770. The highest BCUT2D eigenvalue weighted by atomic mass is 19.4. The van der Waals surface area contributed by atoms with Crippen LogP contribution in [0.5, 0.6) is 0 Å². The first-order valence-corrected chi connectivity index (χ1v) is 13.8. The van der Waals surface area contributed by atoms with Crippen molar-refractivity contribution in [3.05, 3.63) is 83.4 Å². The molecule has 3 aromatic rings. The third-order valence-corrected chi connectivity index (χ3v) is 7.37. The number of hydrogen-bond donors (Lipinski definition) is 0. The van der Waals surface area contributed by atoms with Crippen LogP contribution in [0.15, 0.2) is 66.7 Å². The summed E-state index contributed by atoms with van der Waals surface area (Å²) >= 11 is 0. The maximum absolute atomic E-state index is 13.7. The van der Waals surface area contributed by atoms with E-state index in [9.17, 15) is 80.6 Å². The number of ketones is 4. The fraction of sp³-hybridized carbons (Fsp3) is 0.312. The van der Waals surface area contributed by atoms with E-state index in [1.807, 2.05) is 0 Å². The van der Waals surface area contributed by atoms with E-state index in [1.54, 1.807) is 25.1 Å². The quantitative estimate of drug-likeness (QED) is 0.0997. The van der Waals surface area contributed by atoms with Gasteiger partial charge in [-0.3, -0.25) is 19.2 Å². The number of Topliss-reactive ketones (excluding diaryl/α,β-unsaturated/α-hetero) is 4. The van der Waals surface area contributed by atoms with Gasteiger partial charge in [0, 0.05) is 11.1 Å². The zero-order valence-electron chi connectivity index (χ0n) is 24.9. The molecule has 18 heteroatoms. The Morgan fingerprint density at radius 2 is 0.820 bits per heavy atom. The predicted octanol–water partition coefficient (Wildman–Crippen LogP) is 9.53. The van der Waals surface area contributed by atoms with Crippen LogP contribution in [0.25, 0.3) is 22.3 Å². The fourth-order valence-electron chi connectivity index (χ4n) is 4.40. The first-order valence-electron chi connectivity index (χ1n) is 13.8. The number of carbonyl (C=O) groups excluding carboxylic acids is 4. The van der Waals surface area contributed by atoms with E-state index in [0.29, 0.717) is 23.1 Å². The van der Waals surface area contributed by atoms with Crippen molar-refractivity contribution in [2.45, 2.75) is 62.2 Å². The van der Waals surface area contributed by atoms with Gasteiger partial charge in [0.2, 0.25) is 11.6 Å². The monoisotopic (exact) mass is 734 g/mol. The average molecular weight is 734 g/mol. The van der Waals surface area contributed by atoms with Gasteiger partial charge in [0.1, 0.15) is 0 Å². The third kappa shape index (κ3) is 7.43. The number of aryl methyl sites for hydroxylation is 1. The summed E-state index contributed by atoms with van der Waals surface area (Å²) in [5, 5.41) is 0. The average Bonchev–Trinajstić information content (AvgIpc) is 3.03. The molecule has 4 nitrogen and oxygen atoms in total. The van der Waals surface area contributed by atoms with Gasteiger partial charge >= 0.3 is 36.0 Å². The molecule has 0 radical (unpaired) electrons. The van der Waals surface area contributed by atoms with E-state index in [-0.39, 0.29) is 5.56 Å². The molecule has 0 heterocycles. The maximum atomic E-state index is 13.7. The minimum atomic E-state index is -6.78. The lowest BCUT2D eigenvalue weighted by Gasteiger charge is -2.26. The lowest BCUT2D eigenvalue weighted by Crippen LogP contribution is -2.56. The van der Waals surface area contributed by atoms with Crippen molar-refractivity contribution in [3.8, 4) is 22.3 Å². The normalized spacial score (nSPS) is 13.3. The van der Waals surface area contributed by atoms with Gasteiger partial charge in [0.05, 0.1) is 12.8 Å². The van der Waals surface area contributed by atoms with E-state index >= 15 is 0 Å². The molecule has 0 spiro atoms. The predicted molar refractivity (Wildman–Crippen MR) is 146 cm³/mol. The van der Waals surface area contributed by atoms with Crippen LogP contribution < -0.4 is 0 Å². The largest absolute Gasteiger partial charge is 0.460 e. The summed E-state index contributed by atoms with van der Waals surface area (Å²) in [6.07, 6.45) is -17.1. The first-order chi connectivity index (χ1) is 22.7. The van der Waals surface area contributed by atoms with Crippen molar-refractivity contribution in [3.63, 3.8) is 0 Å². The third-order valence-electron chi connectivity index (χ3n) is 7.37. The number of halogens is 14. The highest BCUT2D eigenvalue weighted by molar-refractivity contribution is 6.11. The Balaban J connectivity index is 1.86. The Morgan fingerprint density at radius 1 is 0.480 bits per heavy atom. The molecule has 0 N–H and O–H groups in total. The molecule has 0 aliphatic carbocycles. The molecule has 0 fully saturated rings. The van der Waals surface area contributed by atoms with Crippen LogP contribution in [0, 0.1) is 0 Å². The van der Waals surface area contributed by atoms with E-state index in [1.165, 1.54) is 24.3 Å². The van der Waals surface area contributed by atoms with Gasteiger partial charge in [-0.15, -0.1) is 0 Å². The van der Waals surface area contributed by atoms with Gasteiger partial charge in [-0.05, 0) is 34.2 Å². The molecule has 50 heavy (non-hydrogen) atoms. The number of rotatable bonds is 13. The zero-order valence-corrected chi connectivity index (χ0v) is 24.9. The van der Waals surface area contributed by atoms with Crippen molar-refractivity contribution >= 4 is 23.1 Å². The Hall–Kier alpha value is -4.64. The number of carbonyl (C=O) groups is 4. The van der Waals surface area contributed by atoms with E-state index < -0.39 is 83.1 Å². The van der Waals surface area contributed by atoms with Gasteiger partial charge < -0.3 is 0 Å². The van der Waals surface area contributed by atoms with Crippen LogP contribution in [-0.4, -0.2) is 59.2 Å². The second kappa shape index (κ2) is 13.6. The number of alkyl halides is 14. The second-order valence-corrected chi connectivity index (χ2v) is 10.7. The van der Waals surface area contributed by atoms with Crippen molar-refractivity contribution in [2.75, 3.05) is 0 Å². The Morgan fingerprint density at radius 3 is 1.14 bits per heavy atom. The molecular formula is C32H20F14O4. The van der Waals surface area contributed by atoms with E-state index in [4.69, 9.17) is 0 Å². The Labute approximate surface area is 272 Å². The summed E-state index contributed by atoms with van der Waals surface area (Å²) in [5.74, 6) is -34.9. The Kier molecular flexibility index (Phi) is 10.8. The van der Waals surface area contributed by atoms with Gasteiger partial charge in [0.15, 0.2) is 11.6 Å². The summed E-state index contributed by atoms with van der Waals surface area (Å²) in [6.45, 7) is 1.77. The van der Waals surface area contributed by atoms with Gasteiger partial charge in [-0.1, -0.05) is 73.7 Å². The molecule has 0 bridgehead atoms. The molecule has 0 atom stereocenters. The molecule has 3 rings (SSSR count). The fourth-order valence-corrected chi connectivity index (χ4v) is 4.40. The molecule has 0 aliphatic heterocycles. The van der Waals surface area contributed by atoms with Crippen molar-refractivity contribution in [1.29, 1.82) is 0 Å². The summed E-state index contributed by atoms with van der Waals surface area (Å²) in [6, 6.07) is 13.6.